The molecular weight excluding hydrogens is 250 g/mol. The molecule has 0 bridgehead atoms. The van der Waals surface area contributed by atoms with Gasteiger partial charge in [-0.3, -0.25) is 0 Å². The highest BCUT2D eigenvalue weighted by Gasteiger charge is 2.09. The van der Waals surface area contributed by atoms with Crippen LogP contribution in [0.2, 0.25) is 0 Å². The molecule has 20 heavy (non-hydrogen) atoms. The van der Waals surface area contributed by atoms with Gasteiger partial charge in [-0.15, -0.1) is 0 Å². The van der Waals surface area contributed by atoms with Crippen molar-refractivity contribution in [1.82, 2.24) is 5.32 Å². The Morgan fingerprint density at radius 3 is 2.35 bits per heavy atom. The van der Waals surface area contributed by atoms with Crippen molar-refractivity contribution in [2.45, 2.75) is 26.1 Å². The number of nitrogens with one attached hydrogen (secondary N) is 1. The predicted octanol–water partition coefficient (Wildman–Crippen LogP) is 3.04. The van der Waals surface area contributed by atoms with Crippen LogP contribution in [-0.2, 0) is 13.2 Å². The summed E-state index contributed by atoms with van der Waals surface area (Å²) in [7, 11) is 1.69. The van der Waals surface area contributed by atoms with E-state index in [1.54, 1.807) is 7.11 Å². The van der Waals surface area contributed by atoms with Gasteiger partial charge in [0.05, 0.1) is 13.7 Å². The molecule has 106 valence electrons. The average molecular weight is 271 g/mol. The molecule has 0 aromatic heterocycles. The maximum atomic E-state index is 9.02. The minimum absolute atomic E-state index is 0.0886. The number of methoxy groups -OCH3 is 1. The third-order valence-corrected chi connectivity index (χ3v) is 3.42. The zero-order valence-corrected chi connectivity index (χ0v) is 12.0. The molecule has 2 rings (SSSR count). The van der Waals surface area contributed by atoms with E-state index in [1.807, 2.05) is 42.5 Å². The first kappa shape index (κ1) is 14.6. The molecule has 0 aliphatic heterocycles. The molecule has 3 heteroatoms. The summed E-state index contributed by atoms with van der Waals surface area (Å²) < 4.78 is 5.38. The van der Waals surface area contributed by atoms with Crippen LogP contribution in [0.4, 0.5) is 0 Å². The lowest BCUT2D eigenvalue weighted by Crippen LogP contribution is -2.18. The second-order valence-corrected chi connectivity index (χ2v) is 4.82. The molecule has 3 nitrogen and oxygen atoms in total. The number of para-hydroxylation sites is 1. The first-order valence-corrected chi connectivity index (χ1v) is 6.79. The molecule has 0 fully saturated rings. The Bertz CT molecular complexity index is 537. The fourth-order valence-corrected chi connectivity index (χ4v) is 2.17. The van der Waals surface area contributed by atoms with Gasteiger partial charge in [0.15, 0.2) is 0 Å². The van der Waals surface area contributed by atoms with E-state index in [1.165, 1.54) is 5.56 Å². The van der Waals surface area contributed by atoms with Gasteiger partial charge in [0.2, 0.25) is 0 Å². The molecule has 0 radical (unpaired) electrons. The molecule has 0 aliphatic carbocycles. The summed E-state index contributed by atoms with van der Waals surface area (Å²) in [6, 6.07) is 16.2. The van der Waals surface area contributed by atoms with E-state index in [4.69, 9.17) is 9.84 Å². The van der Waals surface area contributed by atoms with Crippen molar-refractivity contribution < 1.29 is 9.84 Å². The molecule has 2 aromatic carbocycles. The zero-order valence-electron chi connectivity index (χ0n) is 12.0. The van der Waals surface area contributed by atoms with E-state index in [0.29, 0.717) is 0 Å². The lowest BCUT2D eigenvalue weighted by atomic mass is 10.1. The number of ether oxygens (including phenoxy) is 1. The number of hydrogen-bond donors (Lipinski definition) is 2. The lowest BCUT2D eigenvalue weighted by Gasteiger charge is -2.17. The molecule has 0 heterocycles. The maximum absolute atomic E-state index is 9.02. The number of benzene rings is 2. The van der Waals surface area contributed by atoms with Crippen LogP contribution >= 0.6 is 0 Å². The van der Waals surface area contributed by atoms with Crippen LogP contribution in [0.25, 0.3) is 0 Å². The van der Waals surface area contributed by atoms with E-state index in [-0.39, 0.29) is 12.6 Å². The minimum atomic E-state index is 0.0886. The highest BCUT2D eigenvalue weighted by molar-refractivity contribution is 5.35. The Hall–Kier alpha value is -1.84. The van der Waals surface area contributed by atoms with Gasteiger partial charge in [-0.05, 0) is 24.1 Å². The molecule has 0 saturated heterocycles. The summed E-state index contributed by atoms with van der Waals surface area (Å²) in [5, 5.41) is 12.5. The SMILES string of the molecule is COc1ccccc1[C@H](C)NCc1ccc(CO)cc1. The van der Waals surface area contributed by atoms with Gasteiger partial charge in [0.25, 0.3) is 0 Å². The highest BCUT2D eigenvalue weighted by atomic mass is 16.5. The van der Waals surface area contributed by atoms with Crippen molar-refractivity contribution >= 4 is 0 Å². The molecule has 0 unspecified atom stereocenters. The number of hydrogen-bond acceptors (Lipinski definition) is 3. The topological polar surface area (TPSA) is 41.5 Å². The van der Waals surface area contributed by atoms with E-state index >= 15 is 0 Å². The quantitative estimate of drug-likeness (QED) is 0.848. The molecule has 0 saturated carbocycles. The van der Waals surface area contributed by atoms with Gasteiger partial charge in [-0.1, -0.05) is 42.5 Å². The number of aliphatic hydroxyl groups is 1. The summed E-state index contributed by atoms with van der Waals surface area (Å²) in [6.07, 6.45) is 0. The maximum Gasteiger partial charge on any atom is 0.123 e. The van der Waals surface area contributed by atoms with E-state index in [9.17, 15) is 0 Å². The third kappa shape index (κ3) is 3.59. The molecule has 2 N–H and O–H groups in total. The molecular formula is C17H21NO2. The molecule has 0 aliphatic rings. The van der Waals surface area contributed by atoms with Crippen LogP contribution in [0.5, 0.6) is 5.75 Å². The van der Waals surface area contributed by atoms with Gasteiger partial charge < -0.3 is 15.2 Å². The van der Waals surface area contributed by atoms with Crippen molar-refractivity contribution in [3.8, 4) is 5.75 Å². The summed E-state index contributed by atoms with van der Waals surface area (Å²) in [6.45, 7) is 3.00. The summed E-state index contributed by atoms with van der Waals surface area (Å²) in [5.41, 5.74) is 3.29. The summed E-state index contributed by atoms with van der Waals surface area (Å²) in [5.74, 6) is 0.906. The van der Waals surface area contributed by atoms with E-state index in [0.717, 1.165) is 23.4 Å². The van der Waals surface area contributed by atoms with Crippen molar-refractivity contribution in [1.29, 1.82) is 0 Å². The molecule has 2 aromatic rings. The average Bonchev–Trinajstić information content (AvgIpc) is 2.53. The molecule has 0 spiro atoms. The number of rotatable bonds is 6. The van der Waals surface area contributed by atoms with Crippen molar-refractivity contribution in [2.24, 2.45) is 0 Å². The summed E-state index contributed by atoms with van der Waals surface area (Å²) in [4.78, 5) is 0. The second-order valence-electron chi connectivity index (χ2n) is 4.82. The minimum Gasteiger partial charge on any atom is -0.496 e. The van der Waals surface area contributed by atoms with Gasteiger partial charge in [0, 0.05) is 18.2 Å². The predicted molar refractivity (Wildman–Crippen MR) is 80.6 cm³/mol. The van der Waals surface area contributed by atoms with Crippen LogP contribution in [0.15, 0.2) is 48.5 Å². The Kier molecular flexibility index (Phi) is 5.16. The van der Waals surface area contributed by atoms with E-state index < -0.39 is 0 Å². The van der Waals surface area contributed by atoms with Crippen LogP contribution in [-0.4, -0.2) is 12.2 Å². The number of aliphatic hydroxyl groups excluding tert-OH is 1. The highest BCUT2D eigenvalue weighted by Crippen LogP contribution is 2.24. The van der Waals surface area contributed by atoms with Gasteiger partial charge in [-0.2, -0.15) is 0 Å². The first-order chi connectivity index (χ1) is 9.74. The zero-order chi connectivity index (χ0) is 14.4. The van der Waals surface area contributed by atoms with Crippen LogP contribution in [0.1, 0.15) is 29.7 Å². The van der Waals surface area contributed by atoms with Crippen molar-refractivity contribution in [2.75, 3.05) is 7.11 Å². The Morgan fingerprint density at radius 2 is 1.70 bits per heavy atom. The lowest BCUT2D eigenvalue weighted by molar-refractivity contribution is 0.282. The Morgan fingerprint density at radius 1 is 1.05 bits per heavy atom. The van der Waals surface area contributed by atoms with Crippen LogP contribution < -0.4 is 10.1 Å². The van der Waals surface area contributed by atoms with Crippen LogP contribution in [0.3, 0.4) is 0 Å². The summed E-state index contributed by atoms with van der Waals surface area (Å²) >= 11 is 0. The Balaban J connectivity index is 1.98. The Labute approximate surface area is 120 Å². The van der Waals surface area contributed by atoms with Crippen molar-refractivity contribution in [3.05, 3.63) is 65.2 Å². The van der Waals surface area contributed by atoms with Crippen molar-refractivity contribution in [3.63, 3.8) is 0 Å². The molecule has 0 amide bonds. The first-order valence-electron chi connectivity index (χ1n) is 6.79. The van der Waals surface area contributed by atoms with Gasteiger partial charge >= 0.3 is 0 Å². The van der Waals surface area contributed by atoms with Gasteiger partial charge in [-0.25, -0.2) is 0 Å². The normalized spacial score (nSPS) is 12.2. The fourth-order valence-electron chi connectivity index (χ4n) is 2.17. The second kappa shape index (κ2) is 7.08. The third-order valence-electron chi connectivity index (χ3n) is 3.42. The largest absolute Gasteiger partial charge is 0.496 e. The molecule has 1 atom stereocenters. The van der Waals surface area contributed by atoms with Crippen LogP contribution in [0, 0.1) is 0 Å². The van der Waals surface area contributed by atoms with E-state index in [2.05, 4.69) is 18.3 Å². The fraction of sp³-hybridized carbons (Fsp3) is 0.294. The standard InChI is InChI=1S/C17H21NO2/c1-13(16-5-3-4-6-17(16)20-2)18-11-14-7-9-15(12-19)10-8-14/h3-10,13,18-19H,11-12H2,1-2H3/t13-/m0/s1. The monoisotopic (exact) mass is 271 g/mol. The smallest absolute Gasteiger partial charge is 0.123 e. The van der Waals surface area contributed by atoms with Gasteiger partial charge in [0.1, 0.15) is 5.75 Å².